The Hall–Kier alpha value is -5.70. The molecule has 0 bridgehead atoms. The quantitative estimate of drug-likeness (QED) is 0.175. The van der Waals surface area contributed by atoms with Gasteiger partial charge in [0.15, 0.2) is 10.9 Å². The van der Waals surface area contributed by atoms with Crippen LogP contribution in [0.3, 0.4) is 0 Å². The number of hydrogen-bond acceptors (Lipinski definition) is 15. The molecule has 0 aliphatic carbocycles. The Morgan fingerprint density at radius 2 is 1.07 bits per heavy atom. The highest BCUT2D eigenvalue weighted by molar-refractivity contribution is 5.91. The number of aliphatic hydroxyl groups is 1. The molecular weight excluding hydrogens is 612 g/mol. The summed E-state index contributed by atoms with van der Waals surface area (Å²) in [6.07, 6.45) is -3.67. The maximum Gasteiger partial charge on any atom is 0.377 e. The van der Waals surface area contributed by atoms with Crippen LogP contribution in [0.25, 0.3) is 21.9 Å². The van der Waals surface area contributed by atoms with Crippen molar-refractivity contribution in [2.24, 2.45) is 0 Å². The monoisotopic (exact) mass is 640 g/mol. The number of hydrogen-bond donors (Lipinski definition) is 1. The van der Waals surface area contributed by atoms with Gasteiger partial charge in [0.2, 0.25) is 24.1 Å². The topological polar surface area (TPSA) is 204 Å². The third-order valence-electron chi connectivity index (χ3n) is 5.91. The molecule has 15 heteroatoms. The first-order chi connectivity index (χ1) is 21.8. The molecule has 46 heavy (non-hydrogen) atoms. The van der Waals surface area contributed by atoms with Gasteiger partial charge >= 0.3 is 23.9 Å². The van der Waals surface area contributed by atoms with Gasteiger partial charge in [0.05, 0.1) is 0 Å². The normalized spacial score (nSPS) is 12.9. The Bertz CT molecular complexity index is 1770. The Labute approximate surface area is 259 Å². The molecule has 2 atom stereocenters. The fourth-order valence-electron chi connectivity index (χ4n) is 4.15. The number of carbonyl (C=O) groups is 4. The third-order valence-corrected chi connectivity index (χ3v) is 5.91. The van der Waals surface area contributed by atoms with E-state index < -0.39 is 64.9 Å². The number of esters is 4. The molecule has 4 rings (SSSR count). The van der Waals surface area contributed by atoms with Gasteiger partial charge in [0.1, 0.15) is 52.8 Å². The van der Waals surface area contributed by atoms with E-state index in [1.54, 1.807) is 0 Å². The van der Waals surface area contributed by atoms with Crippen molar-refractivity contribution in [2.75, 3.05) is 13.2 Å². The Balaban J connectivity index is 1.42. The fourth-order valence-corrected chi connectivity index (χ4v) is 4.15. The minimum absolute atomic E-state index is 0.00519. The van der Waals surface area contributed by atoms with Crippen molar-refractivity contribution in [2.45, 2.75) is 46.4 Å². The minimum atomic E-state index is -1.25. The summed E-state index contributed by atoms with van der Waals surface area (Å²) in [6.45, 7) is 4.22. The predicted octanol–water partition coefficient (Wildman–Crippen LogP) is 2.85. The average molecular weight is 641 g/mol. The van der Waals surface area contributed by atoms with E-state index in [-0.39, 0.29) is 46.7 Å². The number of rotatable bonds is 12. The van der Waals surface area contributed by atoms with Gasteiger partial charge in [-0.05, 0) is 24.3 Å². The van der Waals surface area contributed by atoms with Crippen molar-refractivity contribution in [3.8, 4) is 11.5 Å². The highest BCUT2D eigenvalue weighted by atomic mass is 16.7. The van der Waals surface area contributed by atoms with Crippen molar-refractivity contribution < 1.29 is 61.5 Å². The Morgan fingerprint density at radius 1 is 0.674 bits per heavy atom. The first-order valence-electron chi connectivity index (χ1n) is 13.7. The van der Waals surface area contributed by atoms with Crippen molar-refractivity contribution in [1.82, 2.24) is 0 Å². The minimum Gasteiger partial charge on any atom is -0.490 e. The van der Waals surface area contributed by atoms with Gasteiger partial charge in [-0.15, -0.1) is 0 Å². The van der Waals surface area contributed by atoms with E-state index in [1.165, 1.54) is 50.2 Å². The maximum absolute atomic E-state index is 12.9. The van der Waals surface area contributed by atoms with E-state index >= 15 is 0 Å². The number of benzene rings is 2. The predicted molar refractivity (Wildman–Crippen MR) is 155 cm³/mol. The highest BCUT2D eigenvalue weighted by Gasteiger charge is 2.22. The van der Waals surface area contributed by atoms with Crippen LogP contribution in [0.2, 0.25) is 0 Å². The molecule has 1 N–H and O–H groups in total. The van der Waals surface area contributed by atoms with Crippen LogP contribution in [0.4, 0.5) is 0 Å². The average Bonchev–Trinajstić information content (AvgIpc) is 2.97. The van der Waals surface area contributed by atoms with E-state index in [1.807, 2.05) is 0 Å². The van der Waals surface area contributed by atoms with E-state index in [2.05, 4.69) is 0 Å². The lowest BCUT2D eigenvalue weighted by Gasteiger charge is -2.16. The lowest BCUT2D eigenvalue weighted by Crippen LogP contribution is -2.26. The Morgan fingerprint density at radius 3 is 1.43 bits per heavy atom. The standard InChI is InChI=1S/C31H28O15/c1-15(32)41-17(3)43-30(37)26-11-20(35)28-22(7-5-9-24(28)45-26)39-13-19(34)14-40-23-8-6-10-25-29(23)21(36)12-27(46-25)31(38)44-18(4)42-16(2)33/h5-12,17-19,34H,13-14H2,1-4H3. The van der Waals surface area contributed by atoms with Crippen LogP contribution < -0.4 is 20.3 Å². The molecule has 2 unspecified atom stereocenters. The van der Waals surface area contributed by atoms with Crippen molar-refractivity contribution in [3.63, 3.8) is 0 Å². The van der Waals surface area contributed by atoms with Gasteiger partial charge < -0.3 is 42.4 Å². The largest absolute Gasteiger partial charge is 0.490 e. The maximum atomic E-state index is 12.9. The smallest absolute Gasteiger partial charge is 0.377 e. The molecule has 15 nitrogen and oxygen atoms in total. The lowest BCUT2D eigenvalue weighted by molar-refractivity contribution is -0.164. The van der Waals surface area contributed by atoms with Gasteiger partial charge in [0, 0.05) is 39.8 Å². The molecule has 2 aromatic heterocycles. The van der Waals surface area contributed by atoms with Gasteiger partial charge in [-0.1, -0.05) is 12.1 Å². The first-order valence-corrected chi connectivity index (χ1v) is 13.7. The van der Waals surface area contributed by atoms with Crippen molar-refractivity contribution in [3.05, 3.63) is 80.5 Å². The summed E-state index contributed by atoms with van der Waals surface area (Å²) in [6, 6.07) is 10.6. The summed E-state index contributed by atoms with van der Waals surface area (Å²) in [5.74, 6) is -4.15. The number of ether oxygens (including phenoxy) is 6. The molecule has 0 radical (unpaired) electrons. The highest BCUT2D eigenvalue weighted by Crippen LogP contribution is 2.26. The molecule has 0 amide bonds. The molecule has 4 aromatic rings. The van der Waals surface area contributed by atoms with Crippen LogP contribution in [0.1, 0.15) is 48.8 Å². The summed E-state index contributed by atoms with van der Waals surface area (Å²) in [5, 5.41) is 10.5. The van der Waals surface area contributed by atoms with Crippen LogP contribution in [-0.2, 0) is 28.5 Å². The molecule has 0 saturated carbocycles. The molecule has 2 aromatic carbocycles. The SMILES string of the molecule is CC(=O)OC(C)OC(=O)c1cc(=O)c2c(OCC(O)COc3cccc4oc(C(=O)OC(C)OC(C)=O)cc(=O)c34)cccc2o1. The zero-order valence-electron chi connectivity index (χ0n) is 24.9. The number of carbonyl (C=O) groups excluding carboxylic acids is 4. The summed E-state index contributed by atoms with van der Waals surface area (Å²) >= 11 is 0. The molecular formula is C31H28O15. The van der Waals surface area contributed by atoms with Gasteiger partial charge in [0.25, 0.3) is 0 Å². The first kappa shape index (κ1) is 33.2. The second-order valence-corrected chi connectivity index (χ2v) is 9.65. The zero-order valence-corrected chi connectivity index (χ0v) is 24.9. The summed E-state index contributed by atoms with van der Waals surface area (Å²) in [4.78, 5) is 72.5. The van der Waals surface area contributed by atoms with Crippen LogP contribution >= 0.6 is 0 Å². The third kappa shape index (κ3) is 8.26. The number of aliphatic hydroxyl groups excluding tert-OH is 1. The Kier molecular flexibility index (Phi) is 10.4. The summed E-state index contributed by atoms with van der Waals surface area (Å²) < 4.78 is 41.7. The second-order valence-electron chi connectivity index (χ2n) is 9.65. The van der Waals surface area contributed by atoms with E-state index in [9.17, 15) is 33.9 Å². The van der Waals surface area contributed by atoms with Crippen molar-refractivity contribution >= 4 is 45.8 Å². The summed E-state index contributed by atoms with van der Waals surface area (Å²) in [5.41, 5.74) is -1.29. The molecule has 0 fully saturated rings. The van der Waals surface area contributed by atoms with Gasteiger partial charge in [-0.2, -0.15) is 0 Å². The van der Waals surface area contributed by atoms with Crippen molar-refractivity contribution in [1.29, 1.82) is 0 Å². The molecule has 0 aliphatic rings. The molecule has 242 valence electrons. The molecule has 0 spiro atoms. The van der Waals surface area contributed by atoms with Crippen LogP contribution in [-0.4, -0.2) is 60.9 Å². The molecule has 0 aliphatic heterocycles. The second kappa shape index (κ2) is 14.4. The molecule has 0 saturated heterocycles. The van der Waals surface area contributed by atoms with E-state index in [4.69, 9.17) is 37.3 Å². The zero-order chi connectivity index (χ0) is 33.5. The van der Waals surface area contributed by atoms with Crippen LogP contribution in [0, 0.1) is 0 Å². The summed E-state index contributed by atoms with van der Waals surface area (Å²) in [7, 11) is 0. The van der Waals surface area contributed by atoms with E-state index in [0.29, 0.717) is 0 Å². The van der Waals surface area contributed by atoms with Gasteiger partial charge in [-0.25, -0.2) is 9.59 Å². The van der Waals surface area contributed by atoms with Crippen LogP contribution in [0.15, 0.2) is 67.0 Å². The molecule has 2 heterocycles. The van der Waals surface area contributed by atoms with Gasteiger partial charge in [-0.3, -0.25) is 19.2 Å². The van der Waals surface area contributed by atoms with E-state index in [0.717, 1.165) is 26.0 Å². The van der Waals surface area contributed by atoms with Crippen LogP contribution in [0.5, 0.6) is 11.5 Å². The lowest BCUT2D eigenvalue weighted by atomic mass is 10.2. The number of fused-ring (bicyclic) bond motifs is 2. The fraction of sp³-hybridized carbons (Fsp3) is 0.290.